The van der Waals surface area contributed by atoms with Crippen LogP contribution in [-0.4, -0.2) is 37.2 Å². The van der Waals surface area contributed by atoms with Gasteiger partial charge in [0.2, 0.25) is 0 Å². The number of hydrogen-bond acceptors (Lipinski definition) is 3. The lowest BCUT2D eigenvalue weighted by atomic mass is 10.1. The highest BCUT2D eigenvalue weighted by molar-refractivity contribution is 7.99. The minimum atomic E-state index is 0.760. The summed E-state index contributed by atoms with van der Waals surface area (Å²) in [4.78, 5) is 0. The first kappa shape index (κ1) is 8.85. The average Bonchev–Trinajstić information content (AvgIpc) is 2.74. The highest BCUT2D eigenvalue weighted by Gasteiger charge is 2.18. The fourth-order valence-corrected chi connectivity index (χ4v) is 3.19. The molecule has 3 heteroatoms. The van der Waals surface area contributed by atoms with Gasteiger partial charge in [0.15, 0.2) is 0 Å². The first-order valence-corrected chi connectivity index (χ1v) is 6.12. The highest BCUT2D eigenvalue weighted by Crippen LogP contribution is 2.22. The predicted octanol–water partition coefficient (Wildman–Crippen LogP) is 0.691. The summed E-state index contributed by atoms with van der Waals surface area (Å²) in [5.74, 6) is 3.72. The molecule has 0 saturated carbocycles. The van der Waals surface area contributed by atoms with Crippen LogP contribution in [0.5, 0.6) is 0 Å². The molecule has 2 N–H and O–H groups in total. The minimum absolute atomic E-state index is 0.760. The van der Waals surface area contributed by atoms with Crippen LogP contribution in [0.1, 0.15) is 12.8 Å². The van der Waals surface area contributed by atoms with Crippen molar-refractivity contribution in [1.29, 1.82) is 0 Å². The Morgan fingerprint density at radius 1 is 1.42 bits per heavy atom. The second-order valence-corrected chi connectivity index (χ2v) is 4.98. The Labute approximate surface area is 78.9 Å². The van der Waals surface area contributed by atoms with Gasteiger partial charge in [-0.25, -0.2) is 0 Å². The van der Waals surface area contributed by atoms with Crippen LogP contribution >= 0.6 is 11.8 Å². The van der Waals surface area contributed by atoms with Crippen LogP contribution < -0.4 is 10.6 Å². The maximum Gasteiger partial charge on any atom is 0.0204 e. The molecule has 0 aromatic heterocycles. The molecular formula is C9H18N2S. The third-order valence-electron chi connectivity index (χ3n) is 2.78. The molecular weight excluding hydrogens is 168 g/mol. The standard InChI is InChI=1S/C9H18N2S/c1-3-10-6-9(1)11-5-8-2-4-12-7-8/h8-11H,1-7H2/t8?,9-/m0/s1. The second-order valence-electron chi connectivity index (χ2n) is 3.83. The quantitative estimate of drug-likeness (QED) is 0.678. The SMILES string of the molecule is C1C[C@H](NCC2CCSC2)CN1. The fraction of sp³-hybridized carbons (Fsp3) is 1.00. The molecule has 2 saturated heterocycles. The lowest BCUT2D eigenvalue weighted by molar-refractivity contribution is 0.467. The molecule has 0 spiro atoms. The van der Waals surface area contributed by atoms with E-state index in [1.807, 2.05) is 0 Å². The third kappa shape index (κ3) is 2.38. The monoisotopic (exact) mass is 186 g/mol. The van der Waals surface area contributed by atoms with Gasteiger partial charge in [0.25, 0.3) is 0 Å². The molecule has 0 bridgehead atoms. The van der Waals surface area contributed by atoms with E-state index in [0.29, 0.717) is 0 Å². The summed E-state index contributed by atoms with van der Waals surface area (Å²) in [5.41, 5.74) is 0. The maximum atomic E-state index is 3.65. The van der Waals surface area contributed by atoms with Crippen LogP contribution in [0.25, 0.3) is 0 Å². The molecule has 2 atom stereocenters. The maximum absolute atomic E-state index is 3.65. The average molecular weight is 186 g/mol. The topological polar surface area (TPSA) is 24.1 Å². The molecule has 0 amide bonds. The Balaban J connectivity index is 1.60. The number of rotatable bonds is 3. The van der Waals surface area contributed by atoms with Gasteiger partial charge in [0, 0.05) is 12.6 Å². The second kappa shape index (κ2) is 4.49. The van der Waals surface area contributed by atoms with Crippen LogP contribution in [0.15, 0.2) is 0 Å². The van der Waals surface area contributed by atoms with E-state index in [9.17, 15) is 0 Å². The summed E-state index contributed by atoms with van der Waals surface area (Å²) >= 11 is 2.11. The summed E-state index contributed by atoms with van der Waals surface area (Å²) in [5, 5.41) is 7.03. The molecule has 2 rings (SSSR count). The zero-order valence-corrected chi connectivity index (χ0v) is 8.33. The van der Waals surface area contributed by atoms with Gasteiger partial charge in [-0.1, -0.05) is 0 Å². The van der Waals surface area contributed by atoms with E-state index in [1.54, 1.807) is 0 Å². The van der Waals surface area contributed by atoms with E-state index < -0.39 is 0 Å². The van der Waals surface area contributed by atoms with E-state index in [2.05, 4.69) is 22.4 Å². The summed E-state index contributed by atoms with van der Waals surface area (Å²) in [6.07, 6.45) is 2.75. The Bertz CT molecular complexity index is 112. The van der Waals surface area contributed by atoms with Gasteiger partial charge in [-0.3, -0.25) is 0 Å². The van der Waals surface area contributed by atoms with E-state index >= 15 is 0 Å². The molecule has 2 aliphatic heterocycles. The van der Waals surface area contributed by atoms with Gasteiger partial charge in [0.1, 0.15) is 0 Å². The Morgan fingerprint density at radius 3 is 3.08 bits per heavy atom. The van der Waals surface area contributed by atoms with E-state index in [4.69, 9.17) is 0 Å². The van der Waals surface area contributed by atoms with Crippen LogP contribution in [0.2, 0.25) is 0 Å². The Kier molecular flexibility index (Phi) is 3.31. The molecule has 2 nitrogen and oxygen atoms in total. The molecule has 0 radical (unpaired) electrons. The first-order valence-electron chi connectivity index (χ1n) is 4.97. The van der Waals surface area contributed by atoms with Crippen molar-refractivity contribution < 1.29 is 0 Å². The zero-order chi connectivity index (χ0) is 8.23. The van der Waals surface area contributed by atoms with E-state index in [0.717, 1.165) is 12.0 Å². The van der Waals surface area contributed by atoms with Crippen LogP contribution in [0.3, 0.4) is 0 Å². The summed E-state index contributed by atoms with van der Waals surface area (Å²) in [7, 11) is 0. The van der Waals surface area contributed by atoms with Gasteiger partial charge < -0.3 is 10.6 Å². The van der Waals surface area contributed by atoms with Gasteiger partial charge >= 0.3 is 0 Å². The molecule has 0 aromatic carbocycles. The number of nitrogens with one attached hydrogen (secondary N) is 2. The summed E-state index contributed by atoms with van der Waals surface area (Å²) in [6.45, 7) is 3.64. The Hall–Kier alpha value is 0.270. The van der Waals surface area contributed by atoms with Crippen molar-refractivity contribution in [2.75, 3.05) is 31.1 Å². The van der Waals surface area contributed by atoms with E-state index in [-0.39, 0.29) is 0 Å². The molecule has 1 unspecified atom stereocenters. The Morgan fingerprint density at radius 2 is 2.42 bits per heavy atom. The van der Waals surface area contributed by atoms with Gasteiger partial charge in [-0.05, 0) is 43.4 Å². The minimum Gasteiger partial charge on any atom is -0.315 e. The third-order valence-corrected chi connectivity index (χ3v) is 4.01. The molecule has 2 aliphatic rings. The smallest absolute Gasteiger partial charge is 0.0204 e. The van der Waals surface area contributed by atoms with Crippen LogP contribution in [-0.2, 0) is 0 Å². The van der Waals surface area contributed by atoms with E-state index in [1.165, 1.54) is 44.0 Å². The van der Waals surface area contributed by atoms with Crippen LogP contribution in [0.4, 0.5) is 0 Å². The van der Waals surface area contributed by atoms with Crippen molar-refractivity contribution in [1.82, 2.24) is 10.6 Å². The van der Waals surface area contributed by atoms with Crippen molar-refractivity contribution in [2.45, 2.75) is 18.9 Å². The molecule has 70 valence electrons. The van der Waals surface area contributed by atoms with Gasteiger partial charge in [0.05, 0.1) is 0 Å². The van der Waals surface area contributed by atoms with Crippen LogP contribution in [0, 0.1) is 5.92 Å². The highest BCUT2D eigenvalue weighted by atomic mass is 32.2. The lowest BCUT2D eigenvalue weighted by Crippen LogP contribution is -2.34. The number of thioether (sulfide) groups is 1. The van der Waals surface area contributed by atoms with Gasteiger partial charge in [-0.15, -0.1) is 0 Å². The van der Waals surface area contributed by atoms with Crippen molar-refractivity contribution in [3.8, 4) is 0 Å². The number of hydrogen-bond donors (Lipinski definition) is 2. The molecule has 2 fully saturated rings. The predicted molar refractivity (Wildman–Crippen MR) is 54.7 cm³/mol. The zero-order valence-electron chi connectivity index (χ0n) is 7.51. The molecule has 0 aliphatic carbocycles. The molecule has 12 heavy (non-hydrogen) atoms. The summed E-state index contributed by atoms with van der Waals surface area (Å²) < 4.78 is 0. The molecule has 0 aromatic rings. The van der Waals surface area contributed by atoms with Crippen molar-refractivity contribution in [3.05, 3.63) is 0 Å². The van der Waals surface area contributed by atoms with Crippen molar-refractivity contribution >= 4 is 11.8 Å². The van der Waals surface area contributed by atoms with Crippen molar-refractivity contribution in [2.24, 2.45) is 5.92 Å². The first-order chi connectivity index (χ1) is 5.95. The normalized spacial score (nSPS) is 36.0. The lowest BCUT2D eigenvalue weighted by Gasteiger charge is -2.14. The van der Waals surface area contributed by atoms with Crippen molar-refractivity contribution in [3.63, 3.8) is 0 Å². The van der Waals surface area contributed by atoms with Gasteiger partial charge in [-0.2, -0.15) is 11.8 Å². The fourth-order valence-electron chi connectivity index (χ4n) is 1.91. The molecule has 2 heterocycles. The summed E-state index contributed by atoms with van der Waals surface area (Å²) in [6, 6.07) is 0.760. The largest absolute Gasteiger partial charge is 0.315 e.